The molecule has 0 radical (unpaired) electrons. The fourth-order valence-corrected chi connectivity index (χ4v) is 6.13. The lowest BCUT2D eigenvalue weighted by Crippen LogP contribution is -2.46. The van der Waals surface area contributed by atoms with Gasteiger partial charge in [0.1, 0.15) is 0 Å². The monoisotopic (exact) mass is 514 g/mol. The quantitative estimate of drug-likeness (QED) is 0.465. The van der Waals surface area contributed by atoms with Gasteiger partial charge in [-0.15, -0.1) is 0 Å². The Morgan fingerprint density at radius 3 is 2.46 bits per heavy atom. The molecule has 2 saturated heterocycles. The Morgan fingerprint density at radius 2 is 1.73 bits per heavy atom. The number of carbonyl (C=O) groups excluding carboxylic acids is 2. The molecule has 2 amide bonds. The molecule has 2 aromatic carbocycles. The van der Waals surface area contributed by atoms with Gasteiger partial charge in [0.2, 0.25) is 0 Å². The molecule has 7 heteroatoms. The van der Waals surface area contributed by atoms with Crippen LogP contribution in [0.15, 0.2) is 54.7 Å². The molecular formula is C30H31ClN4O2. The maximum Gasteiger partial charge on any atom is 0.256 e. The number of carbonyl (C=O) groups is 2. The van der Waals surface area contributed by atoms with Crippen molar-refractivity contribution < 1.29 is 9.59 Å². The lowest BCUT2D eigenvalue weighted by molar-refractivity contribution is -0.110. The summed E-state index contributed by atoms with van der Waals surface area (Å²) >= 11 is 6.11. The van der Waals surface area contributed by atoms with Crippen molar-refractivity contribution >= 4 is 40.8 Å². The van der Waals surface area contributed by atoms with Gasteiger partial charge in [-0.2, -0.15) is 0 Å². The summed E-state index contributed by atoms with van der Waals surface area (Å²) in [4.78, 5) is 31.4. The molecule has 3 aromatic rings. The lowest BCUT2D eigenvalue weighted by atomic mass is 9.94. The molecule has 4 heterocycles. The molecule has 3 aliphatic heterocycles. The molecular weight excluding hydrogens is 484 g/mol. The summed E-state index contributed by atoms with van der Waals surface area (Å²) in [6.45, 7) is 3.93. The molecule has 1 aromatic heterocycles. The van der Waals surface area contributed by atoms with E-state index < -0.39 is 0 Å². The first-order valence-corrected chi connectivity index (χ1v) is 13.5. The van der Waals surface area contributed by atoms with Gasteiger partial charge in [-0.25, -0.2) is 0 Å². The first-order chi connectivity index (χ1) is 18.0. The van der Waals surface area contributed by atoms with Crippen LogP contribution in [0.25, 0.3) is 22.8 Å². The summed E-state index contributed by atoms with van der Waals surface area (Å²) in [5.74, 6) is -0.126. The van der Waals surface area contributed by atoms with E-state index in [1.165, 1.54) is 25.9 Å². The minimum atomic E-state index is -0.164. The van der Waals surface area contributed by atoms with Crippen LogP contribution in [0.2, 0.25) is 5.02 Å². The Balaban J connectivity index is 1.31. The third-order valence-corrected chi connectivity index (χ3v) is 8.27. The van der Waals surface area contributed by atoms with Crippen LogP contribution in [-0.4, -0.2) is 58.4 Å². The number of aromatic nitrogens is 1. The first kappa shape index (κ1) is 24.0. The lowest BCUT2D eigenvalue weighted by Gasteiger charge is -2.36. The van der Waals surface area contributed by atoms with Crippen LogP contribution in [0.3, 0.4) is 0 Å². The number of hydrogen-bond acceptors (Lipinski definition) is 3. The van der Waals surface area contributed by atoms with E-state index in [2.05, 4.69) is 10.2 Å². The van der Waals surface area contributed by atoms with Gasteiger partial charge in [-0.3, -0.25) is 9.59 Å². The fourth-order valence-electron chi connectivity index (χ4n) is 6.01. The minimum Gasteiger partial charge on any atom is -0.350 e. The van der Waals surface area contributed by atoms with Gasteiger partial charge in [0, 0.05) is 48.6 Å². The second-order valence-electron chi connectivity index (χ2n) is 10.2. The maximum absolute atomic E-state index is 13.6. The SMILES string of the molecule is Cn1ccc(C(=O)N2CCC(N3CCCC3)CC2)c1C=C1C(=O)Nc2cccc(-c3ccc(Cl)cc3)c21. The molecule has 6 rings (SSSR count). The normalized spacial score (nSPS) is 19.5. The molecule has 0 spiro atoms. The second kappa shape index (κ2) is 9.84. The number of halogens is 1. The average molecular weight is 515 g/mol. The molecule has 1 N–H and O–H groups in total. The van der Waals surface area contributed by atoms with Crippen molar-refractivity contribution in [2.75, 3.05) is 31.5 Å². The highest BCUT2D eigenvalue weighted by Gasteiger charge is 2.31. The molecule has 0 bridgehead atoms. The number of aryl methyl sites for hydroxylation is 1. The number of likely N-dealkylation sites (tertiary alicyclic amines) is 2. The second-order valence-corrected chi connectivity index (χ2v) is 10.7. The van der Waals surface area contributed by atoms with Crippen LogP contribution in [0.4, 0.5) is 5.69 Å². The van der Waals surface area contributed by atoms with Gasteiger partial charge < -0.3 is 19.7 Å². The Labute approximate surface area is 222 Å². The van der Waals surface area contributed by atoms with Crippen molar-refractivity contribution in [3.8, 4) is 11.1 Å². The average Bonchev–Trinajstić information content (AvgIpc) is 3.65. The molecule has 0 atom stereocenters. The smallest absolute Gasteiger partial charge is 0.256 e. The number of rotatable bonds is 4. The van der Waals surface area contributed by atoms with E-state index in [9.17, 15) is 9.59 Å². The predicted molar refractivity (Wildman–Crippen MR) is 149 cm³/mol. The van der Waals surface area contributed by atoms with Crippen molar-refractivity contribution in [2.24, 2.45) is 7.05 Å². The van der Waals surface area contributed by atoms with Crippen LogP contribution in [-0.2, 0) is 11.8 Å². The van der Waals surface area contributed by atoms with Gasteiger partial charge in [-0.1, -0.05) is 35.9 Å². The van der Waals surface area contributed by atoms with E-state index in [-0.39, 0.29) is 11.8 Å². The standard InChI is InChI=1S/C30H31ClN4O2/c1-33-16-13-24(30(37)35-17-11-22(12-18-35)34-14-2-3-15-34)27(33)19-25-28-23(20-7-9-21(31)10-8-20)5-4-6-26(28)32-29(25)36/h4-10,13,16,19,22H,2-3,11-12,14-15,17-18H2,1H3,(H,32,36). The third-order valence-electron chi connectivity index (χ3n) is 8.02. The van der Waals surface area contributed by atoms with Crippen LogP contribution in [0.5, 0.6) is 0 Å². The number of nitrogens with zero attached hydrogens (tertiary/aromatic N) is 3. The van der Waals surface area contributed by atoms with Crippen molar-refractivity contribution in [1.29, 1.82) is 0 Å². The molecule has 3 aliphatic rings. The third kappa shape index (κ3) is 4.49. The zero-order chi connectivity index (χ0) is 25.5. The van der Waals surface area contributed by atoms with Crippen molar-refractivity contribution in [3.05, 3.63) is 76.6 Å². The zero-order valence-corrected chi connectivity index (χ0v) is 21.8. The van der Waals surface area contributed by atoms with E-state index >= 15 is 0 Å². The van der Waals surface area contributed by atoms with Gasteiger partial charge in [0.05, 0.1) is 16.8 Å². The van der Waals surface area contributed by atoms with Gasteiger partial charge in [-0.05, 0) is 80.2 Å². The Morgan fingerprint density at radius 1 is 1.00 bits per heavy atom. The van der Waals surface area contributed by atoms with Crippen LogP contribution in [0.1, 0.15) is 47.3 Å². The van der Waals surface area contributed by atoms with E-state index in [0.717, 1.165) is 54.0 Å². The summed E-state index contributed by atoms with van der Waals surface area (Å²) < 4.78 is 1.92. The van der Waals surface area contributed by atoms with E-state index in [1.807, 2.05) is 77.3 Å². The summed E-state index contributed by atoms with van der Waals surface area (Å²) in [6, 6.07) is 16.0. The van der Waals surface area contributed by atoms with Crippen molar-refractivity contribution in [1.82, 2.24) is 14.4 Å². The number of benzene rings is 2. The summed E-state index contributed by atoms with van der Waals surface area (Å²) in [5.41, 5.74) is 5.49. The number of amides is 2. The molecule has 37 heavy (non-hydrogen) atoms. The Hall–Kier alpha value is -3.35. The van der Waals surface area contributed by atoms with Crippen LogP contribution in [0, 0.1) is 0 Å². The molecule has 0 aliphatic carbocycles. The number of piperidine rings is 1. The highest BCUT2D eigenvalue weighted by Crippen LogP contribution is 2.41. The van der Waals surface area contributed by atoms with Gasteiger partial charge >= 0.3 is 0 Å². The summed E-state index contributed by atoms with van der Waals surface area (Å²) in [7, 11) is 1.92. The van der Waals surface area contributed by atoms with E-state index in [1.54, 1.807) is 0 Å². The number of anilines is 1. The van der Waals surface area contributed by atoms with E-state index in [4.69, 9.17) is 11.6 Å². The van der Waals surface area contributed by atoms with Crippen molar-refractivity contribution in [3.63, 3.8) is 0 Å². The van der Waals surface area contributed by atoms with Crippen LogP contribution >= 0.6 is 11.6 Å². The molecule has 6 nitrogen and oxygen atoms in total. The van der Waals surface area contributed by atoms with Crippen LogP contribution < -0.4 is 5.32 Å². The maximum atomic E-state index is 13.6. The number of hydrogen-bond donors (Lipinski definition) is 1. The summed E-state index contributed by atoms with van der Waals surface area (Å²) in [6.07, 6.45) is 8.39. The Kier molecular flexibility index (Phi) is 6.39. The highest BCUT2D eigenvalue weighted by molar-refractivity contribution is 6.36. The molecule has 0 saturated carbocycles. The van der Waals surface area contributed by atoms with Crippen molar-refractivity contribution in [2.45, 2.75) is 31.7 Å². The number of nitrogens with one attached hydrogen (secondary N) is 1. The molecule has 190 valence electrons. The minimum absolute atomic E-state index is 0.0388. The fraction of sp³-hybridized carbons (Fsp3) is 0.333. The predicted octanol–water partition coefficient (Wildman–Crippen LogP) is 5.54. The summed E-state index contributed by atoms with van der Waals surface area (Å²) in [5, 5.41) is 3.67. The number of fused-ring (bicyclic) bond motifs is 1. The molecule has 2 fully saturated rings. The highest BCUT2D eigenvalue weighted by atomic mass is 35.5. The first-order valence-electron chi connectivity index (χ1n) is 13.1. The molecule has 0 unspecified atom stereocenters. The van der Waals surface area contributed by atoms with Gasteiger partial charge in [0.25, 0.3) is 11.8 Å². The largest absolute Gasteiger partial charge is 0.350 e. The topological polar surface area (TPSA) is 57.6 Å². The Bertz CT molecular complexity index is 1380. The van der Waals surface area contributed by atoms with E-state index in [0.29, 0.717) is 22.2 Å². The zero-order valence-electron chi connectivity index (χ0n) is 21.0. The van der Waals surface area contributed by atoms with Gasteiger partial charge in [0.15, 0.2) is 0 Å².